The molecule has 3 aromatic rings. The monoisotopic (exact) mass is 401 g/mol. The standard InChI is InChI=1S/C24H23N3O3/c1-29-22-12-7-17(13-23(22)30-2)14-25-26-24(28)18-8-10-21(11-9-18)27-15-19-5-3-4-6-20(19)16-27/h3-14H,15-16H2,1-2H3,(H,26,28)/b25-14+. The molecule has 0 atom stereocenters. The molecule has 1 aliphatic heterocycles. The van der Waals surface area contributed by atoms with Crippen molar-refractivity contribution in [2.75, 3.05) is 19.1 Å². The summed E-state index contributed by atoms with van der Waals surface area (Å²) in [5.41, 5.74) is 7.70. The highest BCUT2D eigenvalue weighted by molar-refractivity contribution is 5.95. The minimum absolute atomic E-state index is 0.261. The first kappa shape index (κ1) is 19.5. The van der Waals surface area contributed by atoms with Crippen LogP contribution in [0.2, 0.25) is 0 Å². The molecule has 1 aliphatic rings. The predicted molar refractivity (Wildman–Crippen MR) is 117 cm³/mol. The predicted octanol–water partition coefficient (Wildman–Crippen LogP) is 3.99. The van der Waals surface area contributed by atoms with Gasteiger partial charge in [0.25, 0.3) is 5.91 Å². The number of nitrogens with zero attached hydrogens (tertiary/aromatic N) is 2. The average Bonchev–Trinajstić information content (AvgIpc) is 3.23. The van der Waals surface area contributed by atoms with Crippen molar-refractivity contribution in [3.05, 3.63) is 89.0 Å². The molecule has 6 nitrogen and oxygen atoms in total. The van der Waals surface area contributed by atoms with Crippen LogP contribution in [0.1, 0.15) is 27.0 Å². The Labute approximate surface area is 175 Å². The zero-order valence-electron chi connectivity index (χ0n) is 17.0. The molecule has 0 unspecified atom stereocenters. The van der Waals surface area contributed by atoms with Gasteiger partial charge in [0.15, 0.2) is 11.5 Å². The van der Waals surface area contributed by atoms with Gasteiger partial charge in [0.05, 0.1) is 20.4 Å². The SMILES string of the molecule is COc1ccc(/C=N/NC(=O)c2ccc(N3Cc4ccccc4C3)cc2)cc1OC. The second-order valence-corrected chi connectivity index (χ2v) is 6.99. The van der Waals surface area contributed by atoms with Gasteiger partial charge >= 0.3 is 0 Å². The summed E-state index contributed by atoms with van der Waals surface area (Å²) in [5, 5.41) is 4.04. The number of nitrogens with one attached hydrogen (secondary N) is 1. The van der Waals surface area contributed by atoms with Crippen molar-refractivity contribution in [3.8, 4) is 11.5 Å². The van der Waals surface area contributed by atoms with Crippen molar-refractivity contribution < 1.29 is 14.3 Å². The second-order valence-electron chi connectivity index (χ2n) is 6.99. The number of methoxy groups -OCH3 is 2. The fourth-order valence-corrected chi connectivity index (χ4v) is 3.50. The summed E-state index contributed by atoms with van der Waals surface area (Å²) in [7, 11) is 3.16. The first-order valence-electron chi connectivity index (χ1n) is 9.65. The van der Waals surface area contributed by atoms with Crippen molar-refractivity contribution in [2.45, 2.75) is 13.1 Å². The maximum absolute atomic E-state index is 12.4. The summed E-state index contributed by atoms with van der Waals surface area (Å²) in [5.74, 6) is 0.982. The van der Waals surface area contributed by atoms with Gasteiger partial charge in [-0.3, -0.25) is 4.79 Å². The molecule has 0 radical (unpaired) electrons. The van der Waals surface area contributed by atoms with E-state index in [0.717, 1.165) is 24.3 Å². The van der Waals surface area contributed by atoms with E-state index in [1.165, 1.54) is 11.1 Å². The molecule has 1 amide bonds. The Balaban J connectivity index is 1.37. The summed E-state index contributed by atoms with van der Waals surface area (Å²) < 4.78 is 10.5. The van der Waals surface area contributed by atoms with Crippen molar-refractivity contribution in [1.82, 2.24) is 5.43 Å². The number of hydrogen-bond acceptors (Lipinski definition) is 5. The lowest BCUT2D eigenvalue weighted by atomic mass is 10.1. The van der Waals surface area contributed by atoms with E-state index < -0.39 is 0 Å². The Morgan fingerprint density at radius 3 is 2.23 bits per heavy atom. The zero-order valence-corrected chi connectivity index (χ0v) is 17.0. The quantitative estimate of drug-likeness (QED) is 0.501. The molecule has 152 valence electrons. The molecule has 0 saturated carbocycles. The van der Waals surface area contributed by atoms with Crippen LogP contribution in [0.5, 0.6) is 11.5 Å². The van der Waals surface area contributed by atoms with Gasteiger partial charge in [-0.15, -0.1) is 0 Å². The van der Waals surface area contributed by atoms with Crippen LogP contribution >= 0.6 is 0 Å². The van der Waals surface area contributed by atoms with Gasteiger partial charge in [0, 0.05) is 24.3 Å². The summed E-state index contributed by atoms with van der Waals surface area (Å²) in [4.78, 5) is 14.7. The van der Waals surface area contributed by atoms with Crippen molar-refractivity contribution in [1.29, 1.82) is 0 Å². The largest absolute Gasteiger partial charge is 0.493 e. The lowest BCUT2D eigenvalue weighted by Crippen LogP contribution is -2.18. The summed E-state index contributed by atoms with van der Waals surface area (Å²) in [6.45, 7) is 1.77. The van der Waals surface area contributed by atoms with Crippen LogP contribution in [-0.4, -0.2) is 26.3 Å². The topological polar surface area (TPSA) is 63.2 Å². The number of carbonyl (C=O) groups excluding carboxylic acids is 1. The number of anilines is 1. The molecule has 1 heterocycles. The van der Waals surface area contributed by atoms with E-state index in [0.29, 0.717) is 17.1 Å². The first-order valence-corrected chi connectivity index (χ1v) is 9.65. The van der Waals surface area contributed by atoms with Gasteiger partial charge in [0.2, 0.25) is 0 Å². The van der Waals surface area contributed by atoms with Crippen LogP contribution in [0.15, 0.2) is 71.8 Å². The van der Waals surface area contributed by atoms with E-state index >= 15 is 0 Å². The Bertz CT molecular complexity index is 1050. The normalized spacial score (nSPS) is 12.7. The third-order valence-corrected chi connectivity index (χ3v) is 5.12. The smallest absolute Gasteiger partial charge is 0.271 e. The minimum Gasteiger partial charge on any atom is -0.493 e. The van der Waals surface area contributed by atoms with Gasteiger partial charge in [0.1, 0.15) is 0 Å². The van der Waals surface area contributed by atoms with Gasteiger partial charge in [-0.2, -0.15) is 5.10 Å². The molecule has 0 fully saturated rings. The number of carbonyl (C=O) groups is 1. The van der Waals surface area contributed by atoms with Gasteiger partial charge < -0.3 is 14.4 Å². The third kappa shape index (κ3) is 4.12. The lowest BCUT2D eigenvalue weighted by molar-refractivity contribution is 0.0955. The van der Waals surface area contributed by atoms with Crippen LogP contribution in [0.25, 0.3) is 0 Å². The van der Waals surface area contributed by atoms with Crippen molar-refractivity contribution >= 4 is 17.8 Å². The lowest BCUT2D eigenvalue weighted by Gasteiger charge is -2.17. The van der Waals surface area contributed by atoms with E-state index in [1.54, 1.807) is 32.6 Å². The van der Waals surface area contributed by atoms with Gasteiger partial charge in [-0.25, -0.2) is 5.43 Å². The highest BCUT2D eigenvalue weighted by atomic mass is 16.5. The van der Waals surface area contributed by atoms with Crippen LogP contribution in [0.4, 0.5) is 5.69 Å². The average molecular weight is 401 g/mol. The summed E-state index contributed by atoms with van der Waals surface area (Å²) in [6, 6.07) is 21.4. The fourth-order valence-electron chi connectivity index (χ4n) is 3.50. The zero-order chi connectivity index (χ0) is 20.9. The molecule has 0 aliphatic carbocycles. The fraction of sp³-hybridized carbons (Fsp3) is 0.167. The van der Waals surface area contributed by atoms with Crippen molar-refractivity contribution in [2.24, 2.45) is 5.10 Å². The van der Waals surface area contributed by atoms with E-state index in [-0.39, 0.29) is 5.91 Å². The maximum Gasteiger partial charge on any atom is 0.271 e. The van der Waals surface area contributed by atoms with E-state index in [9.17, 15) is 4.79 Å². The molecule has 6 heteroatoms. The van der Waals surface area contributed by atoms with E-state index in [4.69, 9.17) is 9.47 Å². The maximum atomic E-state index is 12.4. The number of benzene rings is 3. The Kier molecular flexibility index (Phi) is 5.66. The van der Waals surface area contributed by atoms with Gasteiger partial charge in [-0.05, 0) is 59.2 Å². The first-order chi connectivity index (χ1) is 14.7. The van der Waals surface area contributed by atoms with Crippen LogP contribution in [-0.2, 0) is 13.1 Å². The highest BCUT2D eigenvalue weighted by Crippen LogP contribution is 2.28. The second kappa shape index (κ2) is 8.69. The number of amides is 1. The summed E-state index contributed by atoms with van der Waals surface area (Å²) >= 11 is 0. The molecular formula is C24H23N3O3. The molecule has 0 saturated heterocycles. The van der Waals surface area contributed by atoms with E-state index in [1.807, 2.05) is 30.3 Å². The molecule has 3 aromatic carbocycles. The third-order valence-electron chi connectivity index (χ3n) is 5.12. The van der Waals surface area contributed by atoms with Crippen LogP contribution in [0.3, 0.4) is 0 Å². The molecular weight excluding hydrogens is 378 g/mol. The Hall–Kier alpha value is -3.80. The van der Waals surface area contributed by atoms with Crippen LogP contribution < -0.4 is 19.8 Å². The molecule has 0 spiro atoms. The summed E-state index contributed by atoms with van der Waals surface area (Å²) in [6.07, 6.45) is 1.57. The molecule has 1 N–H and O–H groups in total. The number of hydrazone groups is 1. The van der Waals surface area contributed by atoms with Gasteiger partial charge in [-0.1, -0.05) is 24.3 Å². The minimum atomic E-state index is -0.261. The molecule has 0 bridgehead atoms. The molecule has 0 aromatic heterocycles. The number of fused-ring (bicyclic) bond motifs is 1. The van der Waals surface area contributed by atoms with E-state index in [2.05, 4.69) is 39.7 Å². The number of hydrogen-bond donors (Lipinski definition) is 1. The molecule has 30 heavy (non-hydrogen) atoms. The molecule has 4 rings (SSSR count). The Morgan fingerprint density at radius 1 is 0.933 bits per heavy atom. The number of ether oxygens (including phenoxy) is 2. The Morgan fingerprint density at radius 2 is 1.60 bits per heavy atom. The highest BCUT2D eigenvalue weighted by Gasteiger charge is 2.18. The number of rotatable bonds is 6. The van der Waals surface area contributed by atoms with Crippen molar-refractivity contribution in [3.63, 3.8) is 0 Å². The van der Waals surface area contributed by atoms with Crippen LogP contribution in [0, 0.1) is 0 Å².